The normalized spacial score (nSPS) is 31.0. The maximum atomic E-state index is 14.7. The Hall–Kier alpha value is -2.27. The summed E-state index contributed by atoms with van der Waals surface area (Å²) in [5.74, 6) is 2.56. The second kappa shape index (κ2) is 11.5. The van der Waals surface area contributed by atoms with E-state index < -0.39 is 0 Å². The van der Waals surface area contributed by atoms with E-state index >= 15 is 0 Å². The Bertz CT molecular complexity index is 1110. The Morgan fingerprint density at radius 3 is 2.63 bits per heavy atom. The summed E-state index contributed by atoms with van der Waals surface area (Å²) in [5.41, 5.74) is 4.32. The van der Waals surface area contributed by atoms with Gasteiger partial charge in [-0.25, -0.2) is 4.39 Å². The van der Waals surface area contributed by atoms with Crippen molar-refractivity contribution in [2.24, 2.45) is 28.7 Å². The van der Waals surface area contributed by atoms with E-state index in [1.54, 1.807) is 12.1 Å². The number of carbonyl (C=O) groups excluding carboxylic acids is 1. The molecule has 38 heavy (non-hydrogen) atoms. The fourth-order valence-corrected chi connectivity index (χ4v) is 6.79. The van der Waals surface area contributed by atoms with Gasteiger partial charge in [-0.1, -0.05) is 51.5 Å². The zero-order valence-electron chi connectivity index (χ0n) is 23.8. The monoisotopic (exact) mass is 519 g/mol. The third-order valence-corrected chi connectivity index (χ3v) is 9.57. The summed E-state index contributed by atoms with van der Waals surface area (Å²) < 4.78 is 14.7. The van der Waals surface area contributed by atoms with Crippen molar-refractivity contribution in [3.05, 3.63) is 58.9 Å². The summed E-state index contributed by atoms with van der Waals surface area (Å²) in [6.07, 6.45) is 14.9. The molecule has 3 atom stereocenters. The molecule has 3 unspecified atom stereocenters. The molecule has 5 heteroatoms. The summed E-state index contributed by atoms with van der Waals surface area (Å²) >= 11 is 0. The molecule has 0 radical (unpaired) electrons. The number of halogens is 1. The lowest BCUT2D eigenvalue weighted by Gasteiger charge is -2.42. The second-order valence-electron chi connectivity index (χ2n) is 12.7. The van der Waals surface area contributed by atoms with Crippen LogP contribution >= 0.6 is 0 Å². The van der Waals surface area contributed by atoms with Crippen molar-refractivity contribution >= 4 is 11.6 Å². The molecule has 4 nitrogen and oxygen atoms in total. The van der Waals surface area contributed by atoms with Gasteiger partial charge in [-0.2, -0.15) is 0 Å². The van der Waals surface area contributed by atoms with E-state index in [1.807, 2.05) is 0 Å². The number of hydrogen-bond acceptors (Lipinski definition) is 3. The van der Waals surface area contributed by atoms with E-state index in [4.69, 9.17) is 4.99 Å². The fourth-order valence-electron chi connectivity index (χ4n) is 6.79. The summed E-state index contributed by atoms with van der Waals surface area (Å²) in [6, 6.07) is 5.64. The molecular formula is C33H46FN3O. The van der Waals surface area contributed by atoms with E-state index in [0.717, 1.165) is 80.9 Å². The highest BCUT2D eigenvalue weighted by atomic mass is 19.1. The average Bonchev–Trinajstić information content (AvgIpc) is 3.55. The maximum Gasteiger partial charge on any atom is 0.227 e. The zero-order chi connectivity index (χ0) is 26.9. The van der Waals surface area contributed by atoms with Crippen LogP contribution < -0.4 is 5.32 Å². The number of benzene rings is 1. The Kier molecular flexibility index (Phi) is 8.23. The first-order chi connectivity index (χ1) is 18.3. The van der Waals surface area contributed by atoms with Crippen molar-refractivity contribution in [1.29, 1.82) is 0 Å². The molecule has 3 aliphatic carbocycles. The van der Waals surface area contributed by atoms with Crippen LogP contribution in [0.2, 0.25) is 0 Å². The molecule has 206 valence electrons. The van der Waals surface area contributed by atoms with Crippen LogP contribution in [0.4, 0.5) is 4.39 Å². The van der Waals surface area contributed by atoms with E-state index in [0.29, 0.717) is 17.8 Å². The molecule has 1 spiro atoms. The van der Waals surface area contributed by atoms with Crippen molar-refractivity contribution in [2.75, 3.05) is 19.6 Å². The van der Waals surface area contributed by atoms with Crippen molar-refractivity contribution in [3.8, 4) is 0 Å². The average molecular weight is 520 g/mol. The van der Waals surface area contributed by atoms with Crippen molar-refractivity contribution in [2.45, 2.75) is 90.6 Å². The molecule has 5 rings (SSSR count). The first-order valence-electron chi connectivity index (χ1n) is 15.1. The number of amides is 1. The topological polar surface area (TPSA) is 44.7 Å². The van der Waals surface area contributed by atoms with Gasteiger partial charge in [0.2, 0.25) is 5.91 Å². The molecule has 1 aromatic rings. The first-order valence-corrected chi connectivity index (χ1v) is 15.1. The quantitative estimate of drug-likeness (QED) is 0.381. The van der Waals surface area contributed by atoms with Crippen LogP contribution in [0.1, 0.15) is 96.1 Å². The van der Waals surface area contributed by atoms with Crippen molar-refractivity contribution in [3.63, 3.8) is 0 Å². The minimum Gasteiger partial charge on any atom is -0.356 e. The first kappa shape index (κ1) is 27.3. The number of nitrogens with one attached hydrogen (secondary N) is 1. The minimum atomic E-state index is -0.165. The van der Waals surface area contributed by atoms with Gasteiger partial charge in [0.25, 0.3) is 0 Å². The number of hydrogen-bond donors (Lipinski definition) is 1. The lowest BCUT2D eigenvalue weighted by Crippen LogP contribution is -2.47. The Morgan fingerprint density at radius 1 is 1.24 bits per heavy atom. The highest BCUT2D eigenvalue weighted by Gasteiger charge is 2.45. The number of carbonyl (C=O) groups is 1. The summed E-state index contributed by atoms with van der Waals surface area (Å²) in [7, 11) is 0. The minimum absolute atomic E-state index is 0.0546. The summed E-state index contributed by atoms with van der Waals surface area (Å²) in [6.45, 7) is 11.5. The molecule has 1 N–H and O–H groups in total. The van der Waals surface area contributed by atoms with Crippen LogP contribution in [0.3, 0.4) is 0 Å². The predicted octanol–water partition coefficient (Wildman–Crippen LogP) is 7.02. The van der Waals surface area contributed by atoms with Gasteiger partial charge in [0.1, 0.15) is 11.5 Å². The van der Waals surface area contributed by atoms with Gasteiger partial charge in [0.05, 0.1) is 11.6 Å². The Balaban J connectivity index is 1.29. The van der Waals surface area contributed by atoms with E-state index in [-0.39, 0.29) is 23.3 Å². The molecule has 2 fully saturated rings. The number of aliphatic imine (C=N–C) groups is 1. The summed E-state index contributed by atoms with van der Waals surface area (Å²) in [5, 5.41) is 3.02. The molecule has 4 aliphatic rings. The Morgan fingerprint density at radius 2 is 2.00 bits per heavy atom. The lowest BCUT2D eigenvalue weighted by atomic mass is 9.76. The molecule has 0 aromatic heterocycles. The molecule has 1 aliphatic heterocycles. The highest BCUT2D eigenvalue weighted by molar-refractivity contribution is 6.03. The molecular weight excluding hydrogens is 473 g/mol. The van der Waals surface area contributed by atoms with Gasteiger partial charge in [-0.3, -0.25) is 14.7 Å². The number of allylic oxidation sites excluding steroid dienone is 2. The molecule has 2 saturated carbocycles. The van der Waals surface area contributed by atoms with Crippen LogP contribution in [0.5, 0.6) is 0 Å². The SMILES string of the molecule is CCCNC(=O)C1C=CC(CCN2CC(c3cc(F)cc(C4CC4C)c3)=NC23CCC(C(C)C)CC3)=CC1. The van der Waals surface area contributed by atoms with Gasteiger partial charge in [0.15, 0.2) is 0 Å². The third kappa shape index (κ3) is 5.98. The lowest BCUT2D eigenvalue weighted by molar-refractivity contribution is -0.123. The standard InChI is InChI=1S/C33H46FN3O/c1-5-15-35-32(38)26-8-6-24(7-9-26)12-16-37-21-31(36-33(37)13-10-25(11-14-33)22(2)3)28-18-27(19-29(34)20-28)30-17-23(30)4/h6-8,18-20,22-23,25-26,30H,5,9-17,21H2,1-4H3,(H,35,38). The van der Waals surface area contributed by atoms with Crippen LogP contribution in [-0.2, 0) is 4.79 Å². The molecule has 1 aromatic carbocycles. The van der Waals surface area contributed by atoms with Crippen LogP contribution in [0.25, 0.3) is 0 Å². The Labute approximate surface area is 228 Å². The van der Waals surface area contributed by atoms with Gasteiger partial charge in [0, 0.05) is 25.2 Å². The van der Waals surface area contributed by atoms with Crippen LogP contribution in [0, 0.1) is 29.5 Å². The van der Waals surface area contributed by atoms with Gasteiger partial charge in [-0.05, 0) is 98.8 Å². The highest BCUT2D eigenvalue weighted by Crippen LogP contribution is 2.48. The fraction of sp³-hybridized carbons (Fsp3) is 0.636. The van der Waals surface area contributed by atoms with E-state index in [9.17, 15) is 9.18 Å². The second-order valence-corrected chi connectivity index (χ2v) is 12.7. The third-order valence-electron chi connectivity index (χ3n) is 9.57. The molecule has 0 saturated heterocycles. The van der Waals surface area contributed by atoms with Gasteiger partial charge >= 0.3 is 0 Å². The van der Waals surface area contributed by atoms with Crippen molar-refractivity contribution < 1.29 is 9.18 Å². The van der Waals surface area contributed by atoms with E-state index in [1.165, 1.54) is 18.4 Å². The van der Waals surface area contributed by atoms with Crippen LogP contribution in [-0.4, -0.2) is 41.8 Å². The maximum absolute atomic E-state index is 14.7. The smallest absolute Gasteiger partial charge is 0.227 e. The number of nitrogens with zero attached hydrogens (tertiary/aromatic N) is 2. The van der Waals surface area contributed by atoms with Gasteiger partial charge in [-0.15, -0.1) is 0 Å². The molecule has 1 heterocycles. The van der Waals surface area contributed by atoms with Gasteiger partial charge < -0.3 is 5.32 Å². The molecule has 1 amide bonds. The van der Waals surface area contributed by atoms with Crippen molar-refractivity contribution in [1.82, 2.24) is 10.2 Å². The van der Waals surface area contributed by atoms with E-state index in [2.05, 4.69) is 62.2 Å². The zero-order valence-corrected chi connectivity index (χ0v) is 23.8. The largest absolute Gasteiger partial charge is 0.356 e. The predicted molar refractivity (Wildman–Crippen MR) is 154 cm³/mol. The van der Waals surface area contributed by atoms with Crippen LogP contribution in [0.15, 0.2) is 47.0 Å². The summed E-state index contributed by atoms with van der Waals surface area (Å²) in [4.78, 5) is 20.3. The molecule has 0 bridgehead atoms. The number of rotatable bonds is 9.